The van der Waals surface area contributed by atoms with Crippen molar-refractivity contribution >= 4 is 5.96 Å². The van der Waals surface area contributed by atoms with Gasteiger partial charge in [-0.25, -0.2) is 9.98 Å². The van der Waals surface area contributed by atoms with Crippen LogP contribution in [0, 0.1) is 11.8 Å². The molecule has 0 aromatic carbocycles. The standard InChI is InChI=1S/C22H35N5O2/c1-2-23-22(27-8-6-20(16-27)15-26-9-11-28-12-10-26)25-14-19-5-7-24-21(13-19)29-17-18-3-4-18/h5,7,13,18,20H,2-4,6,8-12,14-17H2,1H3,(H,23,25). The minimum atomic E-state index is 0.648. The predicted octanol–water partition coefficient (Wildman–Crippen LogP) is 1.99. The van der Waals surface area contributed by atoms with Crippen LogP contribution in [0.1, 0.15) is 31.7 Å². The molecule has 0 spiro atoms. The molecule has 1 aliphatic carbocycles. The average Bonchev–Trinajstić information content (AvgIpc) is 3.48. The molecule has 1 N–H and O–H groups in total. The van der Waals surface area contributed by atoms with Crippen molar-refractivity contribution in [1.29, 1.82) is 0 Å². The second kappa shape index (κ2) is 10.3. The summed E-state index contributed by atoms with van der Waals surface area (Å²) in [5.41, 5.74) is 1.14. The molecule has 29 heavy (non-hydrogen) atoms. The molecule has 3 fully saturated rings. The quantitative estimate of drug-likeness (QED) is 0.531. The minimum Gasteiger partial charge on any atom is -0.477 e. The Labute approximate surface area is 174 Å². The fraction of sp³-hybridized carbons (Fsp3) is 0.727. The van der Waals surface area contributed by atoms with Crippen LogP contribution in [0.3, 0.4) is 0 Å². The van der Waals surface area contributed by atoms with Crippen molar-refractivity contribution in [3.05, 3.63) is 23.9 Å². The van der Waals surface area contributed by atoms with Crippen LogP contribution in [0.25, 0.3) is 0 Å². The van der Waals surface area contributed by atoms with Crippen molar-refractivity contribution in [2.24, 2.45) is 16.8 Å². The molecular formula is C22H35N5O2. The van der Waals surface area contributed by atoms with Crippen molar-refractivity contribution in [2.45, 2.75) is 32.7 Å². The second-order valence-corrected chi connectivity index (χ2v) is 8.44. The Bertz CT molecular complexity index is 673. The first-order valence-corrected chi connectivity index (χ1v) is 11.2. The minimum absolute atomic E-state index is 0.648. The average molecular weight is 402 g/mol. The fourth-order valence-corrected chi connectivity index (χ4v) is 4.03. The molecule has 1 saturated carbocycles. The van der Waals surface area contributed by atoms with Gasteiger partial charge >= 0.3 is 0 Å². The molecule has 3 heterocycles. The van der Waals surface area contributed by atoms with E-state index in [0.717, 1.165) is 75.9 Å². The first-order valence-electron chi connectivity index (χ1n) is 11.2. The monoisotopic (exact) mass is 401 g/mol. The van der Waals surface area contributed by atoms with Crippen molar-refractivity contribution < 1.29 is 9.47 Å². The van der Waals surface area contributed by atoms with Gasteiger partial charge in [0.15, 0.2) is 5.96 Å². The fourth-order valence-electron chi connectivity index (χ4n) is 4.03. The van der Waals surface area contributed by atoms with Crippen molar-refractivity contribution in [1.82, 2.24) is 20.1 Å². The molecule has 7 heteroatoms. The molecule has 1 aromatic heterocycles. The van der Waals surface area contributed by atoms with Gasteiger partial charge < -0.3 is 19.7 Å². The predicted molar refractivity (Wildman–Crippen MR) is 114 cm³/mol. The molecule has 0 bridgehead atoms. The van der Waals surface area contributed by atoms with Crippen LogP contribution in [-0.2, 0) is 11.3 Å². The largest absolute Gasteiger partial charge is 0.477 e. The Kier molecular flexibility index (Phi) is 7.22. The highest BCUT2D eigenvalue weighted by molar-refractivity contribution is 5.80. The van der Waals surface area contributed by atoms with Crippen molar-refractivity contribution in [3.63, 3.8) is 0 Å². The number of guanidine groups is 1. The lowest BCUT2D eigenvalue weighted by atomic mass is 10.1. The van der Waals surface area contributed by atoms with E-state index in [0.29, 0.717) is 12.5 Å². The highest BCUT2D eigenvalue weighted by atomic mass is 16.5. The summed E-state index contributed by atoms with van der Waals surface area (Å²) < 4.78 is 11.3. The van der Waals surface area contributed by atoms with E-state index in [4.69, 9.17) is 14.5 Å². The van der Waals surface area contributed by atoms with E-state index in [1.54, 1.807) is 0 Å². The summed E-state index contributed by atoms with van der Waals surface area (Å²) in [6.45, 7) is 11.7. The van der Waals surface area contributed by atoms with Crippen LogP contribution in [0.4, 0.5) is 0 Å². The first-order chi connectivity index (χ1) is 14.3. The van der Waals surface area contributed by atoms with Gasteiger partial charge in [0.05, 0.1) is 26.4 Å². The van der Waals surface area contributed by atoms with Crippen LogP contribution in [0.15, 0.2) is 23.3 Å². The summed E-state index contributed by atoms with van der Waals surface area (Å²) in [7, 11) is 0. The molecule has 1 unspecified atom stereocenters. The van der Waals surface area contributed by atoms with Crippen molar-refractivity contribution in [3.8, 4) is 5.88 Å². The molecule has 1 aromatic rings. The molecule has 7 nitrogen and oxygen atoms in total. The number of morpholine rings is 1. The normalized spacial score (nSPS) is 23.4. The second-order valence-electron chi connectivity index (χ2n) is 8.44. The number of aromatic nitrogens is 1. The van der Waals surface area contributed by atoms with Gasteiger partial charge in [-0.2, -0.15) is 0 Å². The molecule has 0 radical (unpaired) electrons. The third-order valence-electron chi connectivity index (χ3n) is 5.91. The van der Waals surface area contributed by atoms with E-state index in [1.807, 2.05) is 18.3 Å². The smallest absolute Gasteiger partial charge is 0.213 e. The Balaban J connectivity index is 1.30. The lowest BCUT2D eigenvalue weighted by Gasteiger charge is -2.29. The summed E-state index contributed by atoms with van der Waals surface area (Å²) in [5.74, 6) is 3.19. The lowest BCUT2D eigenvalue weighted by molar-refractivity contribution is 0.0315. The van der Waals surface area contributed by atoms with Crippen LogP contribution < -0.4 is 10.1 Å². The summed E-state index contributed by atoms with van der Waals surface area (Å²) in [6.07, 6.45) is 5.64. The van der Waals surface area contributed by atoms with Gasteiger partial charge in [-0.1, -0.05) is 0 Å². The SMILES string of the molecule is CCNC(=NCc1ccnc(OCC2CC2)c1)N1CCC(CN2CCOCC2)C1. The van der Waals surface area contributed by atoms with E-state index < -0.39 is 0 Å². The number of hydrogen-bond donors (Lipinski definition) is 1. The lowest BCUT2D eigenvalue weighted by Crippen LogP contribution is -2.42. The topological polar surface area (TPSA) is 62.2 Å². The Morgan fingerprint density at radius 1 is 1.24 bits per heavy atom. The maximum absolute atomic E-state index is 5.81. The maximum atomic E-state index is 5.81. The highest BCUT2D eigenvalue weighted by Crippen LogP contribution is 2.29. The molecule has 2 saturated heterocycles. The third kappa shape index (κ3) is 6.31. The number of aliphatic imine (C=N–C) groups is 1. The summed E-state index contributed by atoms with van der Waals surface area (Å²) in [6, 6.07) is 4.06. The van der Waals surface area contributed by atoms with E-state index in [1.165, 1.54) is 25.8 Å². The zero-order valence-electron chi connectivity index (χ0n) is 17.7. The number of nitrogens with one attached hydrogen (secondary N) is 1. The van der Waals surface area contributed by atoms with Crippen molar-refractivity contribution in [2.75, 3.05) is 59.1 Å². The molecule has 1 atom stereocenters. The highest BCUT2D eigenvalue weighted by Gasteiger charge is 2.27. The third-order valence-corrected chi connectivity index (χ3v) is 5.91. The molecule has 4 rings (SSSR count). The van der Waals surface area contributed by atoms with Gasteiger partial charge in [0.25, 0.3) is 0 Å². The molecular weight excluding hydrogens is 366 g/mol. The summed E-state index contributed by atoms with van der Waals surface area (Å²) in [5, 5.41) is 3.48. The van der Waals surface area contributed by atoms with Gasteiger partial charge in [-0.05, 0) is 49.7 Å². The van der Waals surface area contributed by atoms with E-state index in [9.17, 15) is 0 Å². The number of hydrogen-bond acceptors (Lipinski definition) is 5. The van der Waals surface area contributed by atoms with E-state index >= 15 is 0 Å². The van der Waals surface area contributed by atoms with Crippen LogP contribution in [-0.4, -0.2) is 79.8 Å². The Morgan fingerprint density at radius 3 is 2.90 bits per heavy atom. The number of pyridine rings is 1. The molecule has 2 aliphatic heterocycles. The molecule has 0 amide bonds. The zero-order chi connectivity index (χ0) is 19.9. The molecule has 160 valence electrons. The van der Waals surface area contributed by atoms with E-state index in [-0.39, 0.29) is 0 Å². The van der Waals surface area contributed by atoms with Gasteiger partial charge in [-0.3, -0.25) is 4.90 Å². The van der Waals surface area contributed by atoms with Gasteiger partial charge in [-0.15, -0.1) is 0 Å². The van der Waals surface area contributed by atoms with Crippen LogP contribution >= 0.6 is 0 Å². The first kappa shape index (κ1) is 20.4. The van der Waals surface area contributed by atoms with Gasteiger partial charge in [0.2, 0.25) is 5.88 Å². The maximum Gasteiger partial charge on any atom is 0.213 e. The Hall–Kier alpha value is -1.86. The van der Waals surface area contributed by atoms with Crippen LogP contribution in [0.2, 0.25) is 0 Å². The van der Waals surface area contributed by atoms with Crippen LogP contribution in [0.5, 0.6) is 5.88 Å². The van der Waals surface area contributed by atoms with E-state index in [2.05, 4.69) is 27.0 Å². The number of rotatable bonds is 8. The Morgan fingerprint density at radius 2 is 2.10 bits per heavy atom. The summed E-state index contributed by atoms with van der Waals surface area (Å²) >= 11 is 0. The van der Waals surface area contributed by atoms with Gasteiger partial charge in [0.1, 0.15) is 0 Å². The summed E-state index contributed by atoms with van der Waals surface area (Å²) in [4.78, 5) is 14.2. The number of likely N-dealkylation sites (tertiary alicyclic amines) is 1. The van der Waals surface area contributed by atoms with Gasteiger partial charge in [0, 0.05) is 51.5 Å². The number of nitrogens with zero attached hydrogens (tertiary/aromatic N) is 4. The zero-order valence-corrected chi connectivity index (χ0v) is 17.7. The molecule has 3 aliphatic rings. The number of ether oxygens (including phenoxy) is 2.